The van der Waals surface area contributed by atoms with Crippen molar-refractivity contribution in [3.63, 3.8) is 0 Å². The van der Waals surface area contributed by atoms with E-state index in [2.05, 4.69) is 4.98 Å². The Bertz CT molecular complexity index is 874. The molecule has 0 amide bonds. The Kier molecular flexibility index (Phi) is 4.08. The first-order valence-electron chi connectivity index (χ1n) is 7.85. The van der Waals surface area contributed by atoms with Crippen molar-refractivity contribution in [1.82, 2.24) is 4.98 Å². The third-order valence-corrected chi connectivity index (χ3v) is 3.72. The van der Waals surface area contributed by atoms with Gasteiger partial charge in [-0.15, -0.1) is 0 Å². The van der Waals surface area contributed by atoms with Crippen LogP contribution in [0.1, 0.15) is 5.89 Å². The van der Waals surface area contributed by atoms with Gasteiger partial charge in [0.2, 0.25) is 12.0 Å². The summed E-state index contributed by atoms with van der Waals surface area (Å²) < 4.78 is 21.9. The summed E-state index contributed by atoms with van der Waals surface area (Å²) in [6, 6.07) is 16.8. The van der Waals surface area contributed by atoms with E-state index in [1.165, 1.54) is 0 Å². The molecule has 0 saturated heterocycles. The predicted octanol–water partition coefficient (Wildman–Crippen LogP) is 3.22. The van der Waals surface area contributed by atoms with Gasteiger partial charge in [-0.05, 0) is 12.1 Å². The van der Waals surface area contributed by atoms with Gasteiger partial charge < -0.3 is 18.6 Å². The normalized spacial score (nSPS) is 15.6. The maximum atomic E-state index is 12.2. The lowest BCUT2D eigenvalue weighted by molar-refractivity contribution is -0.156. The van der Waals surface area contributed by atoms with E-state index in [9.17, 15) is 4.79 Å². The molecule has 2 aromatic carbocycles. The molecule has 0 fully saturated rings. The average molecular weight is 337 g/mol. The number of hydrogen-bond donors (Lipinski definition) is 0. The van der Waals surface area contributed by atoms with Crippen LogP contribution in [0.5, 0.6) is 11.5 Å². The molecule has 126 valence electrons. The molecule has 1 aliphatic heterocycles. The van der Waals surface area contributed by atoms with Gasteiger partial charge in [0.05, 0.1) is 6.20 Å². The van der Waals surface area contributed by atoms with Gasteiger partial charge in [0.1, 0.15) is 6.61 Å². The third kappa shape index (κ3) is 3.33. The van der Waals surface area contributed by atoms with Crippen LogP contribution >= 0.6 is 0 Å². The number of para-hydroxylation sites is 2. The molecule has 0 spiro atoms. The van der Waals surface area contributed by atoms with E-state index in [-0.39, 0.29) is 13.2 Å². The maximum absolute atomic E-state index is 12.2. The number of nitrogens with zero attached hydrogens (tertiary/aromatic N) is 1. The van der Waals surface area contributed by atoms with E-state index >= 15 is 0 Å². The minimum atomic E-state index is -0.807. The van der Waals surface area contributed by atoms with Crippen molar-refractivity contribution in [3.05, 3.63) is 66.7 Å². The molecule has 1 aromatic heterocycles. The molecular formula is C19H15NO5. The van der Waals surface area contributed by atoms with Gasteiger partial charge in [-0.1, -0.05) is 42.5 Å². The van der Waals surface area contributed by atoms with Crippen molar-refractivity contribution in [2.75, 3.05) is 6.61 Å². The van der Waals surface area contributed by atoms with E-state index in [4.69, 9.17) is 18.6 Å². The lowest BCUT2D eigenvalue weighted by Crippen LogP contribution is -2.37. The second-order valence-corrected chi connectivity index (χ2v) is 5.46. The standard InChI is InChI=1S/C19H15NO5/c21-19(17-11-22-14-8-4-5-9-15(14)24-17)23-12-18-20-10-16(25-18)13-6-2-1-3-7-13/h1-10,17H,11-12H2. The molecule has 1 unspecified atom stereocenters. The zero-order valence-electron chi connectivity index (χ0n) is 13.3. The highest BCUT2D eigenvalue weighted by atomic mass is 16.6. The fourth-order valence-electron chi connectivity index (χ4n) is 2.47. The van der Waals surface area contributed by atoms with Crippen LogP contribution in [-0.2, 0) is 16.1 Å². The number of ether oxygens (including phenoxy) is 3. The van der Waals surface area contributed by atoms with Gasteiger partial charge in [-0.2, -0.15) is 0 Å². The van der Waals surface area contributed by atoms with Gasteiger partial charge in [-0.25, -0.2) is 9.78 Å². The molecule has 0 N–H and O–H groups in total. The van der Waals surface area contributed by atoms with Crippen molar-refractivity contribution in [2.45, 2.75) is 12.7 Å². The molecule has 1 atom stereocenters. The monoisotopic (exact) mass is 337 g/mol. The molecular weight excluding hydrogens is 322 g/mol. The first-order valence-corrected chi connectivity index (χ1v) is 7.85. The number of benzene rings is 2. The number of rotatable bonds is 4. The molecule has 0 radical (unpaired) electrons. The molecule has 6 nitrogen and oxygen atoms in total. The largest absolute Gasteiger partial charge is 0.485 e. The van der Waals surface area contributed by atoms with E-state index in [1.807, 2.05) is 42.5 Å². The smallest absolute Gasteiger partial charge is 0.351 e. The van der Waals surface area contributed by atoms with Crippen LogP contribution in [0.15, 0.2) is 65.2 Å². The van der Waals surface area contributed by atoms with Crippen LogP contribution in [0.3, 0.4) is 0 Å². The summed E-state index contributed by atoms with van der Waals surface area (Å²) in [6.07, 6.45) is 0.799. The molecule has 25 heavy (non-hydrogen) atoms. The third-order valence-electron chi connectivity index (χ3n) is 3.72. The highest BCUT2D eigenvalue weighted by Crippen LogP contribution is 2.31. The molecule has 2 heterocycles. The Balaban J connectivity index is 1.36. The Labute approximate surface area is 144 Å². The van der Waals surface area contributed by atoms with Crippen LogP contribution in [0.25, 0.3) is 11.3 Å². The van der Waals surface area contributed by atoms with Crippen LogP contribution in [0, 0.1) is 0 Å². The fraction of sp³-hybridized carbons (Fsp3) is 0.158. The number of oxazole rings is 1. The van der Waals surface area contributed by atoms with E-state index in [0.717, 1.165) is 5.56 Å². The lowest BCUT2D eigenvalue weighted by atomic mass is 10.2. The average Bonchev–Trinajstić information content (AvgIpc) is 3.15. The van der Waals surface area contributed by atoms with Crippen LogP contribution in [0.4, 0.5) is 0 Å². The number of esters is 1. The molecule has 0 saturated carbocycles. The Morgan fingerprint density at radius 1 is 1.08 bits per heavy atom. The van der Waals surface area contributed by atoms with Gasteiger partial charge in [0.25, 0.3) is 0 Å². The first kappa shape index (κ1) is 15.3. The number of carbonyl (C=O) groups is 1. The maximum Gasteiger partial charge on any atom is 0.351 e. The summed E-state index contributed by atoms with van der Waals surface area (Å²) in [5, 5.41) is 0. The van der Waals surface area contributed by atoms with E-state index in [0.29, 0.717) is 23.1 Å². The lowest BCUT2D eigenvalue weighted by Gasteiger charge is -2.24. The number of fused-ring (bicyclic) bond motifs is 1. The molecule has 0 bridgehead atoms. The number of carbonyl (C=O) groups excluding carboxylic acids is 1. The van der Waals surface area contributed by atoms with E-state index < -0.39 is 12.1 Å². The summed E-state index contributed by atoms with van der Waals surface area (Å²) in [6.45, 7) is 0.0455. The minimum Gasteiger partial charge on any atom is -0.485 e. The van der Waals surface area contributed by atoms with Crippen molar-refractivity contribution in [2.24, 2.45) is 0 Å². The molecule has 4 rings (SSSR count). The van der Waals surface area contributed by atoms with Gasteiger partial charge in [0, 0.05) is 5.56 Å². The van der Waals surface area contributed by atoms with Crippen molar-refractivity contribution >= 4 is 5.97 Å². The minimum absolute atomic E-state index is 0.0623. The topological polar surface area (TPSA) is 70.8 Å². The van der Waals surface area contributed by atoms with Gasteiger partial charge in [0.15, 0.2) is 23.9 Å². The molecule has 6 heteroatoms. The zero-order valence-corrected chi connectivity index (χ0v) is 13.3. The van der Waals surface area contributed by atoms with Crippen molar-refractivity contribution in [3.8, 4) is 22.8 Å². The predicted molar refractivity (Wildman–Crippen MR) is 88.1 cm³/mol. The van der Waals surface area contributed by atoms with Gasteiger partial charge in [-0.3, -0.25) is 0 Å². The van der Waals surface area contributed by atoms with Crippen LogP contribution in [-0.4, -0.2) is 23.7 Å². The van der Waals surface area contributed by atoms with Crippen molar-refractivity contribution < 1.29 is 23.4 Å². The Morgan fingerprint density at radius 2 is 1.84 bits per heavy atom. The van der Waals surface area contributed by atoms with Crippen LogP contribution < -0.4 is 9.47 Å². The SMILES string of the molecule is O=C(OCc1ncc(-c2ccccc2)o1)C1COc2ccccc2O1. The number of aromatic nitrogens is 1. The second-order valence-electron chi connectivity index (χ2n) is 5.46. The highest BCUT2D eigenvalue weighted by molar-refractivity contribution is 5.76. The fourth-order valence-corrected chi connectivity index (χ4v) is 2.47. The zero-order chi connectivity index (χ0) is 17.1. The molecule has 0 aliphatic carbocycles. The van der Waals surface area contributed by atoms with E-state index in [1.54, 1.807) is 18.3 Å². The highest BCUT2D eigenvalue weighted by Gasteiger charge is 2.29. The van der Waals surface area contributed by atoms with Crippen LogP contribution in [0.2, 0.25) is 0 Å². The Morgan fingerprint density at radius 3 is 2.68 bits per heavy atom. The second kappa shape index (κ2) is 6.68. The summed E-state index contributed by atoms with van der Waals surface area (Å²) in [7, 11) is 0. The summed E-state index contributed by atoms with van der Waals surface area (Å²) in [4.78, 5) is 16.3. The summed E-state index contributed by atoms with van der Waals surface area (Å²) in [5.41, 5.74) is 0.910. The summed E-state index contributed by atoms with van der Waals surface area (Å²) in [5.74, 6) is 1.57. The Hall–Kier alpha value is -3.28. The first-order chi connectivity index (χ1) is 12.3. The summed E-state index contributed by atoms with van der Waals surface area (Å²) >= 11 is 0. The molecule has 1 aliphatic rings. The van der Waals surface area contributed by atoms with Crippen molar-refractivity contribution in [1.29, 1.82) is 0 Å². The van der Waals surface area contributed by atoms with Gasteiger partial charge >= 0.3 is 5.97 Å². The quantitative estimate of drug-likeness (QED) is 0.681. The molecule has 3 aromatic rings. The number of hydrogen-bond acceptors (Lipinski definition) is 6.